The van der Waals surface area contributed by atoms with Crippen molar-refractivity contribution < 1.29 is 35.0 Å². The minimum absolute atomic E-state index is 0. The van der Waals surface area contributed by atoms with E-state index in [-0.39, 0.29) is 24.8 Å². The Bertz CT molecular complexity index is 301. The minimum atomic E-state index is 0. The van der Waals surface area contributed by atoms with E-state index < -0.39 is 0 Å². The van der Waals surface area contributed by atoms with Gasteiger partial charge in [0.15, 0.2) is 0 Å². The average Bonchev–Trinajstić information content (AvgIpc) is 2.41. The molecule has 1 aromatic rings. The molecule has 22 heavy (non-hydrogen) atoms. The van der Waals surface area contributed by atoms with Crippen LogP contribution in [0.15, 0.2) is 30.3 Å². The van der Waals surface area contributed by atoms with Gasteiger partial charge in [0.2, 0.25) is 0 Å². The molecule has 0 bridgehead atoms. The molecule has 0 spiro atoms. The molecule has 4 heteroatoms. The first-order valence-corrected chi connectivity index (χ1v) is 8.36. The lowest BCUT2D eigenvalue weighted by Gasteiger charge is -2.38. The molecule has 0 aliphatic heterocycles. The number of quaternary nitrogens is 2. The van der Waals surface area contributed by atoms with E-state index in [1.165, 1.54) is 55.5 Å². The van der Waals surface area contributed by atoms with Crippen LogP contribution >= 0.6 is 0 Å². The fourth-order valence-corrected chi connectivity index (χ4v) is 2.97. The zero-order valence-corrected chi connectivity index (χ0v) is 16.5. The van der Waals surface area contributed by atoms with Gasteiger partial charge >= 0.3 is 0 Å². The van der Waals surface area contributed by atoms with E-state index in [4.69, 9.17) is 0 Å². The second kappa shape index (κ2) is 17.1. The predicted octanol–water partition coefficient (Wildman–Crippen LogP) is -2.51. The summed E-state index contributed by atoms with van der Waals surface area (Å²) in [6.07, 6.45) is 3.85. The Kier molecular flexibility index (Phi) is 20.7. The van der Waals surface area contributed by atoms with Gasteiger partial charge in [-0.1, -0.05) is 51.1 Å². The van der Waals surface area contributed by atoms with Gasteiger partial charge in [-0.3, -0.25) is 0 Å². The predicted molar refractivity (Wildman–Crippen MR) is 89.3 cm³/mol. The maximum absolute atomic E-state index is 3.49. The molecule has 1 aromatic carbocycles. The van der Waals surface area contributed by atoms with Gasteiger partial charge in [0.1, 0.15) is 6.54 Å². The van der Waals surface area contributed by atoms with Crippen LogP contribution in [0.4, 0.5) is 0 Å². The fraction of sp³-hybridized carbons (Fsp3) is 0.667. The van der Waals surface area contributed by atoms with Crippen molar-refractivity contribution in [2.75, 3.05) is 26.2 Å². The van der Waals surface area contributed by atoms with Crippen LogP contribution in [0.1, 0.15) is 52.5 Å². The summed E-state index contributed by atoms with van der Waals surface area (Å²) < 4.78 is 1.27. The van der Waals surface area contributed by atoms with Crippen molar-refractivity contribution in [2.45, 2.75) is 53.5 Å². The van der Waals surface area contributed by atoms with Gasteiger partial charge in [-0.15, -0.1) is 0 Å². The van der Waals surface area contributed by atoms with E-state index in [9.17, 15) is 0 Å². The van der Waals surface area contributed by atoms with E-state index in [0.29, 0.717) is 0 Å². The first-order valence-electron chi connectivity index (χ1n) is 8.36. The molecule has 0 unspecified atom stereocenters. The Labute approximate surface area is 150 Å². The van der Waals surface area contributed by atoms with E-state index in [0.717, 1.165) is 6.54 Å². The van der Waals surface area contributed by atoms with Gasteiger partial charge < -0.3 is 35.0 Å². The lowest BCUT2D eigenvalue weighted by Crippen LogP contribution is -3.00. The maximum Gasteiger partial charge on any atom is 0.104 e. The zero-order chi connectivity index (χ0) is 15.3. The summed E-state index contributed by atoms with van der Waals surface area (Å²) in [5.41, 5.74) is 4.97. The zero-order valence-electron chi connectivity index (χ0n) is 15.0. The molecule has 132 valence electrons. The molecular weight excluding hydrogens is 315 g/mol. The van der Waals surface area contributed by atoms with E-state index in [2.05, 4.69) is 56.8 Å². The first kappa shape index (κ1) is 26.6. The van der Waals surface area contributed by atoms with E-state index in [1.807, 2.05) is 6.92 Å². The number of benzene rings is 1. The molecule has 0 fully saturated rings. The third-order valence-electron chi connectivity index (χ3n) is 3.45. The monoisotopic (exact) mass is 350 g/mol. The normalized spacial score (nSPS) is 9.86. The third kappa shape index (κ3) is 11.3. The van der Waals surface area contributed by atoms with Crippen LogP contribution < -0.4 is 30.5 Å². The van der Waals surface area contributed by atoms with Crippen molar-refractivity contribution in [3.8, 4) is 0 Å². The van der Waals surface area contributed by atoms with Crippen LogP contribution in [0.3, 0.4) is 0 Å². The van der Waals surface area contributed by atoms with Crippen molar-refractivity contribution in [3.05, 3.63) is 35.9 Å². The van der Waals surface area contributed by atoms with Gasteiger partial charge in [-0.05, 0) is 26.2 Å². The van der Waals surface area contributed by atoms with Crippen molar-refractivity contribution in [1.82, 2.24) is 0 Å². The van der Waals surface area contributed by atoms with Gasteiger partial charge in [0.05, 0.1) is 26.2 Å². The summed E-state index contributed by atoms with van der Waals surface area (Å²) in [7, 11) is 0. The van der Waals surface area contributed by atoms with Crippen molar-refractivity contribution in [2.24, 2.45) is 0 Å². The first-order chi connectivity index (χ1) is 9.67. The van der Waals surface area contributed by atoms with Gasteiger partial charge in [0.25, 0.3) is 0 Å². The second-order valence-corrected chi connectivity index (χ2v) is 5.66. The summed E-state index contributed by atoms with van der Waals surface area (Å²) in [6.45, 7) is 15.1. The summed E-state index contributed by atoms with van der Waals surface area (Å²) in [6, 6.07) is 11.0. The number of hydrogen-bond donors (Lipinski definition) is 1. The number of hydrogen-bond acceptors (Lipinski definition) is 0. The molecule has 2 nitrogen and oxygen atoms in total. The molecule has 0 aliphatic rings. The number of halogens is 2. The molecule has 0 aromatic heterocycles. The highest BCUT2D eigenvalue weighted by molar-refractivity contribution is 5.13. The molecule has 3 N–H and O–H groups in total. The molecule has 0 radical (unpaired) electrons. The highest BCUT2D eigenvalue weighted by Gasteiger charge is 2.24. The van der Waals surface area contributed by atoms with Gasteiger partial charge in [0, 0.05) is 5.56 Å². The molecule has 0 amide bonds. The van der Waals surface area contributed by atoms with E-state index >= 15 is 0 Å². The average molecular weight is 351 g/mol. The smallest absolute Gasteiger partial charge is 0.104 e. The Morgan fingerprint density at radius 2 is 1.14 bits per heavy atom. The Balaban J connectivity index is -0.000000666. The van der Waals surface area contributed by atoms with Crippen LogP contribution in [0, 0.1) is 0 Å². The Hall–Kier alpha value is -0.280. The SMILES string of the molecule is CCC[N+](CCC)(CCC)Cc1ccccc1.CC[NH3+].[Cl-].[Cl-]. The largest absolute Gasteiger partial charge is 1.00 e. The lowest BCUT2D eigenvalue weighted by atomic mass is 10.1. The molecule has 0 saturated carbocycles. The van der Waals surface area contributed by atoms with E-state index in [1.54, 1.807) is 0 Å². The lowest BCUT2D eigenvalue weighted by molar-refractivity contribution is -0.941. The highest BCUT2D eigenvalue weighted by Crippen LogP contribution is 2.17. The van der Waals surface area contributed by atoms with Crippen LogP contribution in [0.25, 0.3) is 0 Å². The van der Waals surface area contributed by atoms with Gasteiger partial charge in [-0.25, -0.2) is 0 Å². The van der Waals surface area contributed by atoms with Crippen molar-refractivity contribution in [1.29, 1.82) is 0 Å². The second-order valence-electron chi connectivity index (χ2n) is 5.66. The topological polar surface area (TPSA) is 27.6 Å². The number of nitrogens with zero attached hydrogens (tertiary/aromatic N) is 1. The summed E-state index contributed by atoms with van der Waals surface area (Å²) in [4.78, 5) is 0. The summed E-state index contributed by atoms with van der Waals surface area (Å²) in [5, 5.41) is 0. The van der Waals surface area contributed by atoms with Crippen molar-refractivity contribution >= 4 is 0 Å². The van der Waals surface area contributed by atoms with Crippen LogP contribution in [-0.4, -0.2) is 30.7 Å². The summed E-state index contributed by atoms with van der Waals surface area (Å²) >= 11 is 0. The van der Waals surface area contributed by atoms with Crippen LogP contribution in [0.2, 0.25) is 0 Å². The standard InChI is InChI=1S/C16H28N.C2H7N.2ClH/c1-4-12-17(13-5-2,14-6-3)15-16-10-8-7-9-11-16;1-2-3;;/h7-11H,4-6,12-15H2,1-3H3;2-3H2,1H3;2*1H/q+1;;;/p-1. The molecule has 0 heterocycles. The molecule has 0 aliphatic carbocycles. The molecule has 0 saturated heterocycles. The minimum Gasteiger partial charge on any atom is -1.00 e. The van der Waals surface area contributed by atoms with Crippen LogP contribution in [-0.2, 0) is 6.54 Å². The van der Waals surface area contributed by atoms with Crippen molar-refractivity contribution in [3.63, 3.8) is 0 Å². The molecule has 1 rings (SSSR count). The quantitative estimate of drug-likeness (QED) is 0.501. The third-order valence-corrected chi connectivity index (χ3v) is 3.45. The molecular formula is C18H36Cl2N2. The maximum atomic E-state index is 3.49. The summed E-state index contributed by atoms with van der Waals surface area (Å²) in [5.74, 6) is 0. The molecule has 0 atom stereocenters. The van der Waals surface area contributed by atoms with Gasteiger partial charge in [-0.2, -0.15) is 0 Å². The Morgan fingerprint density at radius 1 is 0.773 bits per heavy atom. The number of rotatable bonds is 8. The highest BCUT2D eigenvalue weighted by atomic mass is 35.5. The fourth-order valence-electron chi connectivity index (χ4n) is 2.97. The van der Waals surface area contributed by atoms with Crippen LogP contribution in [0.5, 0.6) is 0 Å². The Morgan fingerprint density at radius 3 is 1.45 bits per heavy atom.